The minimum Gasteiger partial charge on any atom is -0.312 e. The summed E-state index contributed by atoms with van der Waals surface area (Å²) in [4.78, 5) is 4.29. The molecule has 3 N–H and O–H groups in total. The highest BCUT2D eigenvalue weighted by Gasteiger charge is 2.16. The van der Waals surface area contributed by atoms with Gasteiger partial charge in [-0.05, 0) is 12.8 Å². The molecule has 0 unspecified atom stereocenters. The van der Waals surface area contributed by atoms with Crippen molar-refractivity contribution in [1.82, 2.24) is 5.43 Å². The molecule has 1 aliphatic rings. The summed E-state index contributed by atoms with van der Waals surface area (Å²) in [6.07, 6.45) is 6.52. The van der Waals surface area contributed by atoms with Gasteiger partial charge < -0.3 is 5.43 Å². The van der Waals surface area contributed by atoms with Crippen LogP contribution in [0.4, 0.5) is 0 Å². The maximum absolute atomic E-state index is 5.36. The Hall–Kier alpha value is -0.570. The largest absolute Gasteiger partial charge is 0.312 e. The van der Waals surface area contributed by atoms with E-state index in [1.807, 2.05) is 6.92 Å². The molecule has 70 valence electrons. The Labute approximate surface area is 74.4 Å². The summed E-state index contributed by atoms with van der Waals surface area (Å²) in [7, 11) is 0. The first-order valence-electron chi connectivity index (χ1n) is 4.86. The van der Waals surface area contributed by atoms with Gasteiger partial charge in [0, 0.05) is 13.0 Å². The molecule has 0 saturated heterocycles. The maximum Gasteiger partial charge on any atom is 0.110 e. The molecular formula is C9H19N3. The summed E-state index contributed by atoms with van der Waals surface area (Å²) < 4.78 is 0. The van der Waals surface area contributed by atoms with Crippen LogP contribution in [0.3, 0.4) is 0 Å². The minimum absolute atomic E-state index is 0.825. The molecule has 0 heterocycles. The molecule has 1 aliphatic carbocycles. The molecule has 1 rings (SSSR count). The molecular weight excluding hydrogens is 150 g/mol. The van der Waals surface area contributed by atoms with E-state index < -0.39 is 0 Å². The monoisotopic (exact) mass is 169 g/mol. The van der Waals surface area contributed by atoms with Crippen LogP contribution in [0.5, 0.6) is 0 Å². The van der Waals surface area contributed by atoms with Crippen molar-refractivity contribution >= 4 is 5.84 Å². The van der Waals surface area contributed by atoms with Gasteiger partial charge in [-0.3, -0.25) is 4.99 Å². The first-order valence-corrected chi connectivity index (χ1v) is 4.86. The van der Waals surface area contributed by atoms with Crippen LogP contribution in [0.25, 0.3) is 0 Å². The summed E-state index contributed by atoms with van der Waals surface area (Å²) in [6, 6.07) is 0. The van der Waals surface area contributed by atoms with Crippen molar-refractivity contribution in [2.24, 2.45) is 16.8 Å². The highest BCUT2D eigenvalue weighted by Crippen LogP contribution is 2.27. The van der Waals surface area contributed by atoms with Crippen molar-refractivity contribution in [3.8, 4) is 0 Å². The van der Waals surface area contributed by atoms with Crippen LogP contribution in [0.15, 0.2) is 4.99 Å². The van der Waals surface area contributed by atoms with E-state index in [4.69, 9.17) is 5.84 Å². The standard InChI is InChI=1S/C9H19N3/c1-2-11-9(12-10)7-8-5-3-4-6-8/h8H,2-7,10H2,1H3,(H,11,12). The predicted molar refractivity (Wildman–Crippen MR) is 51.9 cm³/mol. The summed E-state index contributed by atoms with van der Waals surface area (Å²) in [5.74, 6) is 7.16. The van der Waals surface area contributed by atoms with Crippen molar-refractivity contribution in [3.05, 3.63) is 0 Å². The van der Waals surface area contributed by atoms with E-state index in [1.165, 1.54) is 25.7 Å². The van der Waals surface area contributed by atoms with Crippen LogP contribution < -0.4 is 11.3 Å². The van der Waals surface area contributed by atoms with Gasteiger partial charge in [-0.1, -0.05) is 25.7 Å². The second kappa shape index (κ2) is 5.14. The van der Waals surface area contributed by atoms with Crippen LogP contribution in [-0.4, -0.2) is 12.4 Å². The van der Waals surface area contributed by atoms with Crippen molar-refractivity contribution in [3.63, 3.8) is 0 Å². The summed E-state index contributed by atoms with van der Waals surface area (Å²) in [5.41, 5.74) is 2.68. The molecule has 1 fully saturated rings. The molecule has 0 aromatic heterocycles. The molecule has 0 aromatic rings. The first kappa shape index (κ1) is 9.52. The fourth-order valence-electron chi connectivity index (χ4n) is 1.85. The van der Waals surface area contributed by atoms with Gasteiger partial charge >= 0.3 is 0 Å². The summed E-state index contributed by atoms with van der Waals surface area (Å²) in [5, 5.41) is 0. The zero-order valence-corrected chi connectivity index (χ0v) is 7.84. The lowest BCUT2D eigenvalue weighted by molar-refractivity contribution is 0.564. The average Bonchev–Trinajstić information content (AvgIpc) is 2.56. The van der Waals surface area contributed by atoms with E-state index in [0.29, 0.717) is 0 Å². The van der Waals surface area contributed by atoms with E-state index in [9.17, 15) is 0 Å². The van der Waals surface area contributed by atoms with Gasteiger partial charge in [0.1, 0.15) is 5.84 Å². The van der Waals surface area contributed by atoms with Gasteiger partial charge in [0.2, 0.25) is 0 Å². The van der Waals surface area contributed by atoms with E-state index in [2.05, 4.69) is 10.4 Å². The lowest BCUT2D eigenvalue weighted by Gasteiger charge is -2.10. The third-order valence-electron chi connectivity index (χ3n) is 2.47. The van der Waals surface area contributed by atoms with Gasteiger partial charge in [-0.15, -0.1) is 0 Å². The minimum atomic E-state index is 0.825. The Morgan fingerprint density at radius 3 is 2.67 bits per heavy atom. The fourth-order valence-corrected chi connectivity index (χ4v) is 1.85. The van der Waals surface area contributed by atoms with Gasteiger partial charge in [0.15, 0.2) is 0 Å². The number of nitrogens with two attached hydrogens (primary N) is 1. The highest BCUT2D eigenvalue weighted by molar-refractivity contribution is 5.81. The zero-order valence-electron chi connectivity index (χ0n) is 7.84. The van der Waals surface area contributed by atoms with Crippen LogP contribution in [0, 0.1) is 5.92 Å². The topological polar surface area (TPSA) is 50.4 Å². The second-order valence-corrected chi connectivity index (χ2v) is 3.42. The van der Waals surface area contributed by atoms with Crippen LogP contribution >= 0.6 is 0 Å². The Balaban J connectivity index is 2.30. The molecule has 12 heavy (non-hydrogen) atoms. The number of hydrogen-bond acceptors (Lipinski definition) is 2. The maximum atomic E-state index is 5.36. The van der Waals surface area contributed by atoms with Crippen LogP contribution in [-0.2, 0) is 0 Å². The highest BCUT2D eigenvalue weighted by atomic mass is 15.2. The smallest absolute Gasteiger partial charge is 0.110 e. The molecule has 3 heteroatoms. The molecule has 0 bridgehead atoms. The number of amidine groups is 1. The molecule has 0 radical (unpaired) electrons. The van der Waals surface area contributed by atoms with Crippen LogP contribution in [0.2, 0.25) is 0 Å². The normalized spacial score (nSPS) is 20.0. The molecule has 0 aliphatic heterocycles. The van der Waals surface area contributed by atoms with Crippen LogP contribution in [0.1, 0.15) is 39.0 Å². The summed E-state index contributed by atoms with van der Waals surface area (Å²) in [6.45, 7) is 2.86. The molecule has 0 spiro atoms. The third kappa shape index (κ3) is 2.81. The van der Waals surface area contributed by atoms with E-state index in [-0.39, 0.29) is 0 Å². The zero-order chi connectivity index (χ0) is 8.81. The lowest BCUT2D eigenvalue weighted by atomic mass is 10.0. The molecule has 1 saturated carbocycles. The number of hydrogen-bond donors (Lipinski definition) is 2. The van der Waals surface area contributed by atoms with Gasteiger partial charge in [-0.2, -0.15) is 0 Å². The van der Waals surface area contributed by atoms with E-state index >= 15 is 0 Å². The number of nitrogens with one attached hydrogen (secondary N) is 1. The third-order valence-corrected chi connectivity index (χ3v) is 2.47. The number of rotatable bonds is 3. The van der Waals surface area contributed by atoms with E-state index in [1.54, 1.807) is 0 Å². The Morgan fingerprint density at radius 2 is 2.17 bits per heavy atom. The number of nitrogens with zero attached hydrogens (tertiary/aromatic N) is 1. The second-order valence-electron chi connectivity index (χ2n) is 3.42. The quantitative estimate of drug-likeness (QED) is 0.291. The lowest BCUT2D eigenvalue weighted by Crippen LogP contribution is -2.31. The Bertz CT molecular complexity index is 148. The summed E-state index contributed by atoms with van der Waals surface area (Å²) >= 11 is 0. The Kier molecular flexibility index (Phi) is 4.08. The first-order chi connectivity index (χ1) is 5.86. The molecule has 0 atom stereocenters. The average molecular weight is 169 g/mol. The van der Waals surface area contributed by atoms with Crippen molar-refractivity contribution in [2.75, 3.05) is 6.54 Å². The van der Waals surface area contributed by atoms with Gasteiger partial charge in [0.25, 0.3) is 0 Å². The van der Waals surface area contributed by atoms with E-state index in [0.717, 1.165) is 24.7 Å². The van der Waals surface area contributed by atoms with Crippen molar-refractivity contribution in [1.29, 1.82) is 0 Å². The van der Waals surface area contributed by atoms with Gasteiger partial charge in [-0.25, -0.2) is 5.84 Å². The molecule has 0 amide bonds. The predicted octanol–water partition coefficient (Wildman–Crippen LogP) is 1.45. The van der Waals surface area contributed by atoms with Crippen molar-refractivity contribution in [2.45, 2.75) is 39.0 Å². The van der Waals surface area contributed by atoms with Gasteiger partial charge in [0.05, 0.1) is 0 Å². The Morgan fingerprint density at radius 1 is 1.50 bits per heavy atom. The molecule has 3 nitrogen and oxygen atoms in total. The number of aliphatic imine (C=N–C) groups is 1. The molecule has 0 aromatic carbocycles. The SMILES string of the molecule is CCN=C(CC1CCCC1)NN. The fraction of sp³-hybridized carbons (Fsp3) is 0.889. The number of hydrazine groups is 1. The van der Waals surface area contributed by atoms with Crippen molar-refractivity contribution < 1.29 is 0 Å².